The van der Waals surface area contributed by atoms with Gasteiger partial charge in [0.2, 0.25) is 24.0 Å². The van der Waals surface area contributed by atoms with Crippen LogP contribution in [-0.2, 0) is 19.2 Å². The van der Waals surface area contributed by atoms with Crippen molar-refractivity contribution >= 4 is 24.0 Å². The predicted molar refractivity (Wildman–Crippen MR) is 124 cm³/mol. The van der Waals surface area contributed by atoms with Gasteiger partial charge >= 0.3 is 0 Å². The molecule has 0 saturated heterocycles. The van der Waals surface area contributed by atoms with Crippen molar-refractivity contribution in [3.05, 3.63) is 0 Å². The lowest BCUT2D eigenvalue weighted by atomic mass is 10.0. The first kappa shape index (κ1) is 29.9. The van der Waals surface area contributed by atoms with Gasteiger partial charge in [-0.1, -0.05) is 6.42 Å². The number of hydrogen-bond acceptors (Lipinski definition) is 8. The molecule has 0 heterocycles. The molecule has 0 aromatic carbocycles. The molecule has 0 aromatic heterocycles. The van der Waals surface area contributed by atoms with Gasteiger partial charge in [0, 0.05) is 0 Å². The van der Waals surface area contributed by atoms with Crippen LogP contribution < -0.4 is 38.9 Å². The van der Waals surface area contributed by atoms with Gasteiger partial charge in [-0.2, -0.15) is 0 Å². The molecule has 0 rings (SSSR count). The highest BCUT2D eigenvalue weighted by atomic mass is 16.2. The van der Waals surface area contributed by atoms with Gasteiger partial charge in [0.25, 0.3) is 0 Å². The van der Waals surface area contributed by atoms with Crippen molar-refractivity contribution in [2.24, 2.45) is 22.9 Å². The highest BCUT2D eigenvalue weighted by Gasteiger charge is 2.28. The zero-order chi connectivity index (χ0) is 24.4. The molecule has 0 saturated carbocycles. The van der Waals surface area contributed by atoms with Crippen molar-refractivity contribution in [3.8, 4) is 0 Å². The second-order valence-electron chi connectivity index (χ2n) is 7.93. The van der Waals surface area contributed by atoms with Crippen molar-refractivity contribution in [1.82, 2.24) is 16.0 Å². The molecule has 185 valence electrons. The number of hydrogen-bond donors (Lipinski definition) is 7. The molecule has 0 spiro atoms. The van der Waals surface area contributed by atoms with E-state index >= 15 is 0 Å². The highest BCUT2D eigenvalue weighted by molar-refractivity contribution is 5.93. The summed E-state index contributed by atoms with van der Waals surface area (Å²) in [5.41, 5.74) is 22.5. The molecule has 11 heteroatoms. The minimum atomic E-state index is -0.864. The quantitative estimate of drug-likeness (QED) is 0.111. The van der Waals surface area contributed by atoms with Crippen LogP contribution in [0.2, 0.25) is 0 Å². The number of amides is 3. The number of nitrogens with two attached hydrogens (primary N) is 4. The SMILES string of the molecule is C[C@@H]([C]=O)NC(=O)[C@H](CCCCN)NC(=O)[C@H](CCCCN)NC(=O)[C@@H](N)CCCCN. The Morgan fingerprint density at radius 1 is 0.688 bits per heavy atom. The molecular formula is C21H42N7O4. The molecule has 0 aliphatic carbocycles. The van der Waals surface area contributed by atoms with Gasteiger partial charge in [0.1, 0.15) is 12.1 Å². The van der Waals surface area contributed by atoms with Crippen LogP contribution >= 0.6 is 0 Å². The monoisotopic (exact) mass is 456 g/mol. The summed E-state index contributed by atoms with van der Waals surface area (Å²) < 4.78 is 0. The lowest BCUT2D eigenvalue weighted by Gasteiger charge is -2.24. The smallest absolute Gasteiger partial charge is 0.243 e. The lowest BCUT2D eigenvalue weighted by Crippen LogP contribution is -2.56. The van der Waals surface area contributed by atoms with Crippen molar-refractivity contribution < 1.29 is 19.2 Å². The summed E-state index contributed by atoms with van der Waals surface area (Å²) in [6.45, 7) is 2.93. The maximum atomic E-state index is 13.0. The van der Waals surface area contributed by atoms with E-state index < -0.39 is 41.9 Å². The van der Waals surface area contributed by atoms with Gasteiger partial charge in [-0.25, -0.2) is 0 Å². The van der Waals surface area contributed by atoms with E-state index in [-0.39, 0.29) is 0 Å². The standard InChI is InChI=1S/C21H42N7O4/c1-15(14-29)26-20(31)17(9-3-6-12-23)28-21(32)18(10-4-7-13-24)27-19(30)16(25)8-2-5-11-22/h15-18H,2-13,22-25H2,1H3,(H,26,31)(H,27,30)(H,28,32)/t15-,16-,17-,18-/m0/s1. The van der Waals surface area contributed by atoms with Crippen LogP contribution in [0.5, 0.6) is 0 Å². The van der Waals surface area contributed by atoms with E-state index in [1.54, 1.807) is 6.29 Å². The molecule has 0 aliphatic rings. The largest absolute Gasteiger partial charge is 0.344 e. The topological polar surface area (TPSA) is 208 Å². The van der Waals surface area contributed by atoms with E-state index in [9.17, 15) is 19.2 Å². The van der Waals surface area contributed by atoms with Crippen LogP contribution in [0.15, 0.2) is 0 Å². The number of unbranched alkanes of at least 4 members (excludes halogenated alkanes) is 3. The molecule has 11 nitrogen and oxygen atoms in total. The Labute approximate surface area is 191 Å². The molecular weight excluding hydrogens is 414 g/mol. The first-order chi connectivity index (χ1) is 15.3. The van der Waals surface area contributed by atoms with Gasteiger partial charge in [-0.3, -0.25) is 19.2 Å². The summed E-state index contributed by atoms with van der Waals surface area (Å²) in [5.74, 6) is -1.40. The molecule has 3 amide bonds. The first-order valence-electron chi connectivity index (χ1n) is 11.4. The Balaban J connectivity index is 5.20. The van der Waals surface area contributed by atoms with Crippen LogP contribution in [0.25, 0.3) is 0 Å². The minimum absolute atomic E-state index is 0.350. The number of rotatable bonds is 19. The second kappa shape index (κ2) is 18.5. The highest BCUT2D eigenvalue weighted by Crippen LogP contribution is 2.07. The fraction of sp³-hybridized carbons (Fsp3) is 0.810. The fourth-order valence-corrected chi connectivity index (χ4v) is 3.06. The van der Waals surface area contributed by atoms with Gasteiger partial charge in [0.05, 0.1) is 12.1 Å². The minimum Gasteiger partial charge on any atom is -0.344 e. The van der Waals surface area contributed by atoms with Crippen molar-refractivity contribution in [2.45, 2.75) is 88.9 Å². The van der Waals surface area contributed by atoms with Crippen LogP contribution in [0.1, 0.15) is 64.7 Å². The summed E-state index contributed by atoms with van der Waals surface area (Å²) in [5, 5.41) is 7.91. The Kier molecular flexibility index (Phi) is 17.3. The summed E-state index contributed by atoms with van der Waals surface area (Å²) in [6.07, 6.45) is 6.94. The van der Waals surface area contributed by atoms with E-state index in [2.05, 4.69) is 16.0 Å². The Morgan fingerprint density at radius 3 is 1.53 bits per heavy atom. The lowest BCUT2D eigenvalue weighted by molar-refractivity contribution is -0.132. The molecule has 0 aromatic rings. The van der Waals surface area contributed by atoms with Crippen molar-refractivity contribution in [2.75, 3.05) is 19.6 Å². The van der Waals surface area contributed by atoms with Gasteiger partial charge < -0.3 is 38.9 Å². The Hall–Kier alpha value is -2.08. The van der Waals surface area contributed by atoms with Gasteiger partial charge in [0.15, 0.2) is 0 Å². The molecule has 1 radical (unpaired) electrons. The van der Waals surface area contributed by atoms with E-state index in [0.29, 0.717) is 71.0 Å². The summed E-state index contributed by atoms with van der Waals surface area (Å²) in [7, 11) is 0. The fourth-order valence-electron chi connectivity index (χ4n) is 3.06. The van der Waals surface area contributed by atoms with Crippen LogP contribution in [0.4, 0.5) is 0 Å². The van der Waals surface area contributed by atoms with E-state index in [0.717, 1.165) is 6.42 Å². The molecule has 32 heavy (non-hydrogen) atoms. The third-order valence-corrected chi connectivity index (χ3v) is 5.00. The number of carbonyl (C=O) groups excluding carboxylic acids is 4. The predicted octanol–water partition coefficient (Wildman–Crippen LogP) is -1.72. The first-order valence-corrected chi connectivity index (χ1v) is 11.4. The van der Waals surface area contributed by atoms with Crippen LogP contribution in [0.3, 0.4) is 0 Å². The van der Waals surface area contributed by atoms with Crippen molar-refractivity contribution in [1.29, 1.82) is 0 Å². The summed E-state index contributed by atoms with van der Waals surface area (Å²) in [4.78, 5) is 48.7. The van der Waals surface area contributed by atoms with Crippen LogP contribution in [0, 0.1) is 0 Å². The molecule has 4 atom stereocenters. The van der Waals surface area contributed by atoms with Gasteiger partial charge in [-0.15, -0.1) is 0 Å². The zero-order valence-corrected chi connectivity index (χ0v) is 19.2. The average Bonchev–Trinajstić information content (AvgIpc) is 2.77. The third kappa shape index (κ3) is 13.4. The van der Waals surface area contributed by atoms with Gasteiger partial charge in [-0.05, 0) is 77.9 Å². The molecule has 0 aliphatic heterocycles. The maximum Gasteiger partial charge on any atom is 0.243 e. The molecule has 0 unspecified atom stereocenters. The Morgan fingerprint density at radius 2 is 1.09 bits per heavy atom. The zero-order valence-electron chi connectivity index (χ0n) is 19.2. The molecule has 0 bridgehead atoms. The summed E-state index contributed by atoms with van der Waals surface area (Å²) in [6, 6.07) is -3.27. The normalized spacial score (nSPS) is 14.7. The van der Waals surface area contributed by atoms with Crippen LogP contribution in [-0.4, -0.2) is 67.8 Å². The van der Waals surface area contributed by atoms with E-state index in [1.807, 2.05) is 0 Å². The average molecular weight is 457 g/mol. The summed E-state index contributed by atoms with van der Waals surface area (Å²) >= 11 is 0. The number of nitrogens with one attached hydrogen (secondary N) is 3. The van der Waals surface area contributed by atoms with E-state index in [4.69, 9.17) is 22.9 Å². The Bertz CT molecular complexity index is 562. The number of carbonyl (C=O) groups is 3. The molecule has 11 N–H and O–H groups in total. The maximum absolute atomic E-state index is 13.0. The van der Waals surface area contributed by atoms with Crippen molar-refractivity contribution in [3.63, 3.8) is 0 Å². The third-order valence-electron chi connectivity index (χ3n) is 5.00. The molecule has 0 fully saturated rings. The van der Waals surface area contributed by atoms with E-state index in [1.165, 1.54) is 6.92 Å². The second-order valence-corrected chi connectivity index (χ2v) is 7.93.